The summed E-state index contributed by atoms with van der Waals surface area (Å²) in [5, 5.41) is 20.8. The summed E-state index contributed by atoms with van der Waals surface area (Å²) in [5.74, 6) is -0.986. The molecule has 0 aromatic heterocycles. The summed E-state index contributed by atoms with van der Waals surface area (Å²) in [6.45, 7) is 4.63. The highest BCUT2D eigenvalue weighted by Gasteiger charge is 2.32. The second kappa shape index (κ2) is 6.09. The van der Waals surface area contributed by atoms with Gasteiger partial charge in [0, 0.05) is 12.6 Å². The molecule has 0 bridgehead atoms. The van der Waals surface area contributed by atoms with Crippen molar-refractivity contribution in [2.24, 2.45) is 0 Å². The number of hydrogen-bond acceptors (Lipinski definition) is 5. The number of aromatic hydroxyl groups is 1. The summed E-state index contributed by atoms with van der Waals surface area (Å²) < 4.78 is 5.53. The third kappa shape index (κ3) is 2.97. The molecule has 1 aliphatic rings. The van der Waals surface area contributed by atoms with Crippen LogP contribution in [0.15, 0.2) is 18.2 Å². The van der Waals surface area contributed by atoms with Crippen LogP contribution in [0.5, 0.6) is 5.75 Å². The number of nitro benzene ring substituents is 1. The van der Waals surface area contributed by atoms with Crippen LogP contribution in [0.1, 0.15) is 30.6 Å². The number of morpholine rings is 1. The summed E-state index contributed by atoms with van der Waals surface area (Å²) in [5.41, 5.74) is -0.507. The third-order valence-corrected chi connectivity index (χ3v) is 3.64. The van der Waals surface area contributed by atoms with Crippen molar-refractivity contribution in [2.45, 2.75) is 32.4 Å². The number of benzene rings is 1. The zero-order chi connectivity index (χ0) is 15.6. The van der Waals surface area contributed by atoms with Crippen molar-refractivity contribution in [1.82, 2.24) is 4.90 Å². The Morgan fingerprint density at radius 1 is 1.57 bits per heavy atom. The minimum absolute atomic E-state index is 0.0447. The van der Waals surface area contributed by atoms with Crippen molar-refractivity contribution in [3.05, 3.63) is 33.9 Å². The molecular weight excluding hydrogens is 276 g/mol. The first kappa shape index (κ1) is 15.2. The van der Waals surface area contributed by atoms with E-state index in [9.17, 15) is 20.0 Å². The summed E-state index contributed by atoms with van der Waals surface area (Å²) in [6, 6.07) is 3.88. The van der Waals surface area contributed by atoms with Gasteiger partial charge in [0.15, 0.2) is 0 Å². The Kier molecular flexibility index (Phi) is 4.42. The maximum absolute atomic E-state index is 12.6. The third-order valence-electron chi connectivity index (χ3n) is 3.64. The van der Waals surface area contributed by atoms with Crippen LogP contribution in [0.25, 0.3) is 0 Å². The molecule has 0 radical (unpaired) electrons. The van der Waals surface area contributed by atoms with Crippen LogP contribution < -0.4 is 0 Å². The molecule has 0 aliphatic carbocycles. The molecule has 2 atom stereocenters. The highest BCUT2D eigenvalue weighted by molar-refractivity contribution is 5.98. The van der Waals surface area contributed by atoms with Crippen LogP contribution in [0.2, 0.25) is 0 Å². The van der Waals surface area contributed by atoms with Gasteiger partial charge in [0.05, 0.1) is 29.2 Å². The number of nitro groups is 1. The van der Waals surface area contributed by atoms with Gasteiger partial charge in [-0.05, 0) is 19.4 Å². The van der Waals surface area contributed by atoms with E-state index in [0.29, 0.717) is 19.6 Å². The molecule has 0 saturated carbocycles. The van der Waals surface area contributed by atoms with Gasteiger partial charge in [0.2, 0.25) is 5.75 Å². The van der Waals surface area contributed by atoms with Gasteiger partial charge in [-0.1, -0.05) is 13.0 Å². The Bertz CT molecular complexity index is 560. The molecule has 1 amide bonds. The number of phenols is 1. The fraction of sp³-hybridized carbons (Fsp3) is 0.500. The molecule has 1 N–H and O–H groups in total. The Balaban J connectivity index is 2.34. The predicted molar refractivity (Wildman–Crippen MR) is 75.3 cm³/mol. The van der Waals surface area contributed by atoms with E-state index in [0.717, 1.165) is 0 Å². The van der Waals surface area contributed by atoms with E-state index in [4.69, 9.17) is 4.74 Å². The van der Waals surface area contributed by atoms with Gasteiger partial charge >= 0.3 is 5.69 Å². The molecule has 1 aromatic carbocycles. The van der Waals surface area contributed by atoms with Crippen LogP contribution in [0, 0.1) is 10.1 Å². The first-order chi connectivity index (χ1) is 9.95. The quantitative estimate of drug-likeness (QED) is 0.679. The van der Waals surface area contributed by atoms with Gasteiger partial charge in [0.25, 0.3) is 5.91 Å². The fourth-order valence-electron chi connectivity index (χ4n) is 2.44. The number of carbonyl (C=O) groups excluding carboxylic acids is 1. The average molecular weight is 294 g/mol. The number of para-hydroxylation sites is 1. The van der Waals surface area contributed by atoms with Crippen molar-refractivity contribution in [1.29, 1.82) is 0 Å². The summed E-state index contributed by atoms with van der Waals surface area (Å²) in [4.78, 5) is 24.4. The molecule has 2 unspecified atom stereocenters. The van der Waals surface area contributed by atoms with Crippen molar-refractivity contribution >= 4 is 11.6 Å². The Labute approximate surface area is 122 Å². The van der Waals surface area contributed by atoms with Crippen LogP contribution in [0.3, 0.4) is 0 Å². The minimum atomic E-state index is -0.703. The van der Waals surface area contributed by atoms with Gasteiger partial charge < -0.3 is 14.7 Å². The zero-order valence-electron chi connectivity index (χ0n) is 12.0. The van der Waals surface area contributed by atoms with Gasteiger partial charge in [-0.25, -0.2) is 0 Å². The van der Waals surface area contributed by atoms with E-state index in [-0.39, 0.29) is 17.7 Å². The SMILES string of the molecule is CCC1COC(C)CN1C(=O)c1cccc([N+](=O)[O-])c1O. The lowest BCUT2D eigenvalue weighted by Gasteiger charge is -2.38. The Hall–Kier alpha value is -2.15. The number of amides is 1. The molecule has 1 saturated heterocycles. The van der Waals surface area contributed by atoms with Crippen molar-refractivity contribution < 1.29 is 19.6 Å². The number of nitrogens with zero attached hydrogens (tertiary/aromatic N) is 2. The Morgan fingerprint density at radius 2 is 2.29 bits per heavy atom. The lowest BCUT2D eigenvalue weighted by atomic mass is 10.1. The van der Waals surface area contributed by atoms with Crippen molar-refractivity contribution in [3.8, 4) is 5.75 Å². The van der Waals surface area contributed by atoms with Crippen molar-refractivity contribution in [2.75, 3.05) is 13.2 Å². The second-order valence-electron chi connectivity index (χ2n) is 5.09. The second-order valence-corrected chi connectivity index (χ2v) is 5.09. The first-order valence-corrected chi connectivity index (χ1v) is 6.84. The zero-order valence-corrected chi connectivity index (χ0v) is 12.0. The largest absolute Gasteiger partial charge is 0.502 e. The molecule has 0 spiro atoms. The molecule has 1 fully saturated rings. The molecule has 114 valence electrons. The van der Waals surface area contributed by atoms with E-state index in [2.05, 4.69) is 0 Å². The minimum Gasteiger partial charge on any atom is -0.502 e. The van der Waals surface area contributed by atoms with Crippen LogP contribution in [-0.2, 0) is 4.74 Å². The highest BCUT2D eigenvalue weighted by atomic mass is 16.6. The van der Waals surface area contributed by atoms with E-state index >= 15 is 0 Å². The standard InChI is InChI=1S/C14H18N2O5/c1-3-10-8-21-9(2)7-15(10)14(18)11-5-4-6-12(13(11)17)16(19)20/h4-6,9-10,17H,3,7-8H2,1-2H3. The lowest BCUT2D eigenvalue weighted by molar-refractivity contribution is -0.385. The van der Waals surface area contributed by atoms with Crippen molar-refractivity contribution in [3.63, 3.8) is 0 Å². The predicted octanol–water partition coefficient (Wildman–Crippen LogP) is 1.94. The average Bonchev–Trinajstić information content (AvgIpc) is 2.46. The molecule has 1 aromatic rings. The molecular formula is C14H18N2O5. The summed E-state index contributed by atoms with van der Waals surface area (Å²) >= 11 is 0. The maximum atomic E-state index is 12.6. The highest BCUT2D eigenvalue weighted by Crippen LogP contribution is 2.31. The monoisotopic (exact) mass is 294 g/mol. The van der Waals surface area contributed by atoms with E-state index in [1.807, 2.05) is 13.8 Å². The molecule has 21 heavy (non-hydrogen) atoms. The topological polar surface area (TPSA) is 92.9 Å². The maximum Gasteiger partial charge on any atom is 0.311 e. The number of carbonyl (C=O) groups is 1. The van der Waals surface area contributed by atoms with Gasteiger partial charge in [-0.3, -0.25) is 14.9 Å². The van der Waals surface area contributed by atoms with Gasteiger partial charge in [-0.15, -0.1) is 0 Å². The van der Waals surface area contributed by atoms with Gasteiger partial charge in [0.1, 0.15) is 0 Å². The number of hydrogen-bond donors (Lipinski definition) is 1. The van der Waals surface area contributed by atoms with Gasteiger partial charge in [-0.2, -0.15) is 0 Å². The van der Waals surface area contributed by atoms with E-state index in [1.165, 1.54) is 18.2 Å². The first-order valence-electron chi connectivity index (χ1n) is 6.84. The normalized spacial score (nSPS) is 22.1. The summed E-state index contributed by atoms with van der Waals surface area (Å²) in [7, 11) is 0. The molecule has 7 nitrogen and oxygen atoms in total. The molecule has 1 heterocycles. The van der Waals surface area contributed by atoms with E-state index < -0.39 is 22.3 Å². The van der Waals surface area contributed by atoms with Crippen LogP contribution >= 0.6 is 0 Å². The molecule has 2 rings (SSSR count). The number of ether oxygens (including phenoxy) is 1. The summed E-state index contributed by atoms with van der Waals surface area (Å²) in [6.07, 6.45) is 0.617. The number of rotatable bonds is 3. The lowest BCUT2D eigenvalue weighted by Crippen LogP contribution is -2.51. The smallest absolute Gasteiger partial charge is 0.311 e. The fourth-order valence-corrected chi connectivity index (χ4v) is 2.44. The van der Waals surface area contributed by atoms with Crippen LogP contribution in [0.4, 0.5) is 5.69 Å². The molecule has 1 aliphatic heterocycles. The molecule has 7 heteroatoms. The number of phenolic OH excluding ortho intramolecular Hbond substituents is 1. The van der Waals surface area contributed by atoms with E-state index in [1.54, 1.807) is 4.90 Å². The van der Waals surface area contributed by atoms with Crippen LogP contribution in [-0.4, -0.2) is 46.1 Å². The Morgan fingerprint density at radius 3 is 2.90 bits per heavy atom.